The fourth-order valence-corrected chi connectivity index (χ4v) is 4.26. The number of thiazole rings is 1. The number of hydrogen-bond acceptors (Lipinski definition) is 5. The third-order valence-corrected chi connectivity index (χ3v) is 5.42. The Morgan fingerprint density at radius 1 is 1.26 bits per heavy atom. The molecule has 0 spiro atoms. The van der Waals surface area contributed by atoms with E-state index in [4.69, 9.17) is 4.74 Å². The number of esters is 1. The number of rotatable bonds is 4. The van der Waals surface area contributed by atoms with Crippen molar-refractivity contribution in [3.05, 3.63) is 36.4 Å². The van der Waals surface area contributed by atoms with E-state index in [0.29, 0.717) is 17.0 Å². The van der Waals surface area contributed by atoms with Gasteiger partial charge in [-0.15, -0.1) is 0 Å². The lowest BCUT2D eigenvalue weighted by molar-refractivity contribution is -0.152. The number of fused-ring (bicyclic) bond motifs is 3. The van der Waals surface area contributed by atoms with Crippen molar-refractivity contribution in [2.75, 3.05) is 11.9 Å². The molecular weight excluding hydrogens is 312 g/mol. The maximum absolute atomic E-state index is 12.1. The van der Waals surface area contributed by atoms with Gasteiger partial charge < -0.3 is 4.74 Å². The van der Waals surface area contributed by atoms with Gasteiger partial charge in [-0.3, -0.25) is 14.9 Å². The van der Waals surface area contributed by atoms with Crippen molar-refractivity contribution in [2.45, 2.75) is 12.8 Å². The molecule has 1 saturated carbocycles. The summed E-state index contributed by atoms with van der Waals surface area (Å²) >= 11 is 1.40. The first kappa shape index (κ1) is 14.4. The van der Waals surface area contributed by atoms with Crippen molar-refractivity contribution < 1.29 is 14.3 Å². The lowest BCUT2D eigenvalue weighted by Gasteiger charge is -2.16. The lowest BCUT2D eigenvalue weighted by Crippen LogP contribution is -2.26. The predicted molar refractivity (Wildman–Crippen MR) is 88.1 cm³/mol. The van der Waals surface area contributed by atoms with Crippen molar-refractivity contribution in [3.63, 3.8) is 0 Å². The number of amides is 1. The van der Waals surface area contributed by atoms with Crippen molar-refractivity contribution in [3.8, 4) is 0 Å². The number of anilines is 1. The zero-order valence-corrected chi connectivity index (χ0v) is 13.2. The number of aromatic nitrogens is 1. The molecule has 1 fully saturated rings. The van der Waals surface area contributed by atoms with Crippen LogP contribution in [0.25, 0.3) is 10.2 Å². The van der Waals surface area contributed by atoms with Crippen LogP contribution in [-0.2, 0) is 14.3 Å². The van der Waals surface area contributed by atoms with Crippen LogP contribution in [0.15, 0.2) is 36.4 Å². The number of nitrogens with zero attached hydrogens (tertiary/aromatic N) is 1. The molecular formula is C17H16N2O3S. The zero-order valence-electron chi connectivity index (χ0n) is 12.4. The van der Waals surface area contributed by atoms with Crippen LogP contribution in [0.4, 0.5) is 5.13 Å². The maximum atomic E-state index is 12.1. The van der Waals surface area contributed by atoms with Crippen LogP contribution in [-0.4, -0.2) is 23.5 Å². The molecule has 0 unspecified atom stereocenters. The topological polar surface area (TPSA) is 68.3 Å². The molecule has 2 aliphatic rings. The quantitative estimate of drug-likeness (QED) is 0.692. The van der Waals surface area contributed by atoms with Gasteiger partial charge in [0.05, 0.1) is 16.1 Å². The highest BCUT2D eigenvalue weighted by Gasteiger charge is 2.40. The molecule has 2 bridgehead atoms. The number of nitrogens with one attached hydrogen (secondary N) is 1. The summed E-state index contributed by atoms with van der Waals surface area (Å²) in [7, 11) is 0. The van der Waals surface area contributed by atoms with E-state index in [1.165, 1.54) is 11.3 Å². The minimum absolute atomic E-state index is 0.0831. The van der Waals surface area contributed by atoms with Gasteiger partial charge in [-0.25, -0.2) is 4.98 Å². The van der Waals surface area contributed by atoms with Crippen LogP contribution in [0.5, 0.6) is 0 Å². The van der Waals surface area contributed by atoms with Gasteiger partial charge in [-0.2, -0.15) is 0 Å². The van der Waals surface area contributed by atoms with Gasteiger partial charge in [0.25, 0.3) is 5.91 Å². The van der Waals surface area contributed by atoms with Crippen LogP contribution in [0.3, 0.4) is 0 Å². The van der Waals surface area contributed by atoms with Crippen molar-refractivity contribution in [2.24, 2.45) is 17.8 Å². The average Bonchev–Trinajstić information content (AvgIpc) is 3.26. The number of carbonyl (C=O) groups is 2. The number of benzene rings is 1. The largest absolute Gasteiger partial charge is 0.455 e. The number of allylic oxidation sites excluding steroid dienone is 2. The second-order valence-corrected chi connectivity index (χ2v) is 7.06. The Bertz CT molecular complexity index is 765. The van der Waals surface area contributed by atoms with Crippen molar-refractivity contribution in [1.82, 2.24) is 4.98 Å². The van der Waals surface area contributed by atoms with E-state index in [1.807, 2.05) is 24.3 Å². The molecule has 1 heterocycles. The summed E-state index contributed by atoms with van der Waals surface area (Å²) in [4.78, 5) is 28.3. The highest BCUT2D eigenvalue weighted by Crippen LogP contribution is 2.43. The summed E-state index contributed by atoms with van der Waals surface area (Å²) in [5, 5.41) is 3.21. The maximum Gasteiger partial charge on any atom is 0.310 e. The monoisotopic (exact) mass is 328 g/mol. The molecule has 1 N–H and O–H groups in total. The van der Waals surface area contributed by atoms with Crippen LogP contribution in [0, 0.1) is 17.8 Å². The Labute approximate surface area is 137 Å². The summed E-state index contributed by atoms with van der Waals surface area (Å²) in [6.07, 6.45) is 6.16. The minimum Gasteiger partial charge on any atom is -0.455 e. The Kier molecular flexibility index (Phi) is 3.61. The molecule has 0 radical (unpaired) electrons. The fraction of sp³-hybridized carbons (Fsp3) is 0.353. The van der Waals surface area contributed by atoms with E-state index >= 15 is 0 Å². The first-order valence-corrected chi connectivity index (χ1v) is 8.51. The number of carbonyl (C=O) groups excluding carboxylic acids is 2. The fourth-order valence-electron chi connectivity index (χ4n) is 3.38. The molecule has 1 aromatic heterocycles. The van der Waals surface area contributed by atoms with E-state index in [9.17, 15) is 9.59 Å². The second-order valence-electron chi connectivity index (χ2n) is 6.03. The molecule has 0 aliphatic heterocycles. The Hall–Kier alpha value is -2.21. The van der Waals surface area contributed by atoms with Crippen LogP contribution in [0.1, 0.15) is 12.8 Å². The molecule has 2 aromatic rings. The van der Waals surface area contributed by atoms with Gasteiger partial charge in [0.15, 0.2) is 11.7 Å². The zero-order chi connectivity index (χ0) is 15.8. The number of para-hydroxylation sites is 1. The SMILES string of the molecule is O=C(COC(=O)[C@H]1C[C@@H]2C=C[C@H]1C2)Nc1nc2ccccc2s1. The first-order chi connectivity index (χ1) is 11.2. The summed E-state index contributed by atoms with van der Waals surface area (Å²) < 4.78 is 6.19. The molecule has 23 heavy (non-hydrogen) atoms. The smallest absolute Gasteiger partial charge is 0.310 e. The summed E-state index contributed by atoms with van der Waals surface area (Å²) in [6.45, 7) is -0.258. The van der Waals surface area contributed by atoms with Gasteiger partial charge in [-0.1, -0.05) is 35.6 Å². The van der Waals surface area contributed by atoms with E-state index in [1.54, 1.807) is 0 Å². The predicted octanol–water partition coefficient (Wildman–Crippen LogP) is 2.99. The van der Waals surface area contributed by atoms with Crippen LogP contribution in [0.2, 0.25) is 0 Å². The average molecular weight is 328 g/mol. The summed E-state index contributed by atoms with van der Waals surface area (Å²) in [6, 6.07) is 7.67. The number of hydrogen-bond donors (Lipinski definition) is 1. The molecule has 118 valence electrons. The van der Waals surface area contributed by atoms with E-state index in [2.05, 4.69) is 22.5 Å². The molecule has 0 saturated heterocycles. The highest BCUT2D eigenvalue weighted by molar-refractivity contribution is 7.22. The van der Waals surface area contributed by atoms with E-state index < -0.39 is 0 Å². The van der Waals surface area contributed by atoms with Crippen LogP contribution < -0.4 is 5.32 Å². The summed E-state index contributed by atoms with van der Waals surface area (Å²) in [5.74, 6) is 0.103. The normalized spacial score (nSPS) is 25.0. The molecule has 5 nitrogen and oxygen atoms in total. The molecule has 4 rings (SSSR count). The van der Waals surface area contributed by atoms with Gasteiger partial charge in [-0.05, 0) is 36.8 Å². The Morgan fingerprint density at radius 2 is 2.13 bits per heavy atom. The van der Waals surface area contributed by atoms with Gasteiger partial charge in [0, 0.05) is 0 Å². The third kappa shape index (κ3) is 2.86. The van der Waals surface area contributed by atoms with Gasteiger partial charge in [0.1, 0.15) is 0 Å². The van der Waals surface area contributed by atoms with Gasteiger partial charge in [0.2, 0.25) is 0 Å². The lowest BCUT2D eigenvalue weighted by atomic mass is 9.94. The highest BCUT2D eigenvalue weighted by atomic mass is 32.1. The summed E-state index contributed by atoms with van der Waals surface area (Å²) in [5.41, 5.74) is 0.846. The first-order valence-electron chi connectivity index (χ1n) is 7.69. The van der Waals surface area contributed by atoms with E-state index in [0.717, 1.165) is 23.1 Å². The third-order valence-electron chi connectivity index (χ3n) is 4.47. The molecule has 2 aliphatic carbocycles. The van der Waals surface area contributed by atoms with E-state index in [-0.39, 0.29) is 24.4 Å². The molecule has 6 heteroatoms. The van der Waals surface area contributed by atoms with Crippen molar-refractivity contribution >= 4 is 38.6 Å². The van der Waals surface area contributed by atoms with Crippen molar-refractivity contribution in [1.29, 1.82) is 0 Å². The Morgan fingerprint density at radius 3 is 2.87 bits per heavy atom. The second kappa shape index (κ2) is 5.77. The van der Waals surface area contributed by atoms with Gasteiger partial charge >= 0.3 is 5.97 Å². The number of ether oxygens (including phenoxy) is 1. The standard InChI is InChI=1S/C17H16N2O3S/c20-15(19-17-18-13-3-1-2-4-14(13)23-17)9-22-16(21)12-8-10-5-6-11(12)7-10/h1-6,10-12H,7-9H2,(H,18,19,20)/t10-,11+,12+/m1/s1. The molecule has 1 amide bonds. The van der Waals surface area contributed by atoms with Crippen LogP contribution >= 0.6 is 11.3 Å². The Balaban J connectivity index is 1.31. The molecule has 3 atom stereocenters. The molecule has 1 aromatic carbocycles. The minimum atomic E-state index is -0.351.